The van der Waals surface area contributed by atoms with E-state index in [1.807, 2.05) is 12.1 Å². The van der Waals surface area contributed by atoms with Crippen molar-refractivity contribution in [3.8, 4) is 0 Å². The molecule has 2 rings (SSSR count). The molecule has 0 bridgehead atoms. The van der Waals surface area contributed by atoms with Gasteiger partial charge in [0.2, 0.25) is 0 Å². The molecular weight excluding hydrogens is 284 g/mol. The Bertz CT molecular complexity index is 450. The average Bonchev–Trinajstić information content (AvgIpc) is 2.76. The van der Waals surface area contributed by atoms with Gasteiger partial charge in [0.1, 0.15) is 0 Å². The number of rotatable bonds is 4. The van der Waals surface area contributed by atoms with Crippen LogP contribution >= 0.6 is 27.3 Å². The summed E-state index contributed by atoms with van der Waals surface area (Å²) in [6.07, 6.45) is 1.02. The maximum atomic E-state index is 4.51. The Balaban J connectivity index is 1.94. The van der Waals surface area contributed by atoms with Crippen molar-refractivity contribution in [3.63, 3.8) is 0 Å². The van der Waals surface area contributed by atoms with Crippen LogP contribution in [0.5, 0.6) is 0 Å². The number of aryl methyl sites for hydroxylation is 1. The summed E-state index contributed by atoms with van der Waals surface area (Å²) in [7, 11) is 0. The molecule has 0 saturated carbocycles. The fourth-order valence-corrected chi connectivity index (χ4v) is 2.36. The molecule has 1 aromatic heterocycles. The predicted molar refractivity (Wildman–Crippen MR) is 73.0 cm³/mol. The van der Waals surface area contributed by atoms with Gasteiger partial charge in [0.05, 0.1) is 17.2 Å². The second kappa shape index (κ2) is 5.46. The number of aromatic nitrogens is 1. The predicted octanol–water partition coefficient (Wildman–Crippen LogP) is 4.08. The molecule has 0 aliphatic carbocycles. The number of nitrogens with one attached hydrogen (secondary N) is 1. The van der Waals surface area contributed by atoms with Gasteiger partial charge in [0.15, 0.2) is 0 Å². The SMILES string of the molecule is CCc1nc(CNc2ccc(Br)cc2)cs1. The normalized spacial score (nSPS) is 10.4. The fraction of sp³-hybridized carbons (Fsp3) is 0.250. The molecule has 1 heterocycles. The summed E-state index contributed by atoms with van der Waals surface area (Å²) in [6, 6.07) is 8.16. The van der Waals surface area contributed by atoms with Gasteiger partial charge in [-0.05, 0) is 30.7 Å². The van der Waals surface area contributed by atoms with Gasteiger partial charge in [0.25, 0.3) is 0 Å². The first-order valence-corrected chi connectivity index (χ1v) is 6.88. The van der Waals surface area contributed by atoms with Crippen LogP contribution in [0.2, 0.25) is 0 Å². The van der Waals surface area contributed by atoms with Crippen molar-refractivity contribution < 1.29 is 0 Å². The molecule has 1 N–H and O–H groups in total. The number of hydrogen-bond donors (Lipinski definition) is 1. The summed E-state index contributed by atoms with van der Waals surface area (Å²) in [5, 5.41) is 6.67. The fourth-order valence-electron chi connectivity index (χ4n) is 1.35. The molecule has 1 aromatic carbocycles. The van der Waals surface area contributed by atoms with Gasteiger partial charge in [-0.2, -0.15) is 0 Å². The van der Waals surface area contributed by atoms with E-state index < -0.39 is 0 Å². The molecule has 0 unspecified atom stereocenters. The van der Waals surface area contributed by atoms with Crippen molar-refractivity contribution in [3.05, 3.63) is 44.8 Å². The van der Waals surface area contributed by atoms with Crippen LogP contribution < -0.4 is 5.32 Å². The topological polar surface area (TPSA) is 24.9 Å². The molecule has 84 valence electrons. The van der Waals surface area contributed by atoms with Crippen molar-refractivity contribution in [2.24, 2.45) is 0 Å². The molecule has 0 spiro atoms. The second-order valence-electron chi connectivity index (χ2n) is 3.45. The minimum atomic E-state index is 0.790. The first-order valence-electron chi connectivity index (χ1n) is 5.20. The number of thiazole rings is 1. The lowest BCUT2D eigenvalue weighted by Gasteiger charge is -2.03. The molecular formula is C12H13BrN2S. The van der Waals surface area contributed by atoms with E-state index in [-0.39, 0.29) is 0 Å². The summed E-state index contributed by atoms with van der Waals surface area (Å²) in [5.74, 6) is 0. The van der Waals surface area contributed by atoms with Gasteiger partial charge >= 0.3 is 0 Å². The zero-order valence-electron chi connectivity index (χ0n) is 9.03. The third-order valence-electron chi connectivity index (χ3n) is 2.22. The third kappa shape index (κ3) is 3.06. The average molecular weight is 297 g/mol. The van der Waals surface area contributed by atoms with Crippen LogP contribution in [-0.4, -0.2) is 4.98 Å². The molecule has 2 nitrogen and oxygen atoms in total. The van der Waals surface area contributed by atoms with Crippen molar-refractivity contribution in [2.45, 2.75) is 19.9 Å². The van der Waals surface area contributed by atoms with Crippen LogP contribution in [0.1, 0.15) is 17.6 Å². The Morgan fingerprint density at radius 2 is 2.06 bits per heavy atom. The maximum Gasteiger partial charge on any atom is 0.0926 e. The quantitative estimate of drug-likeness (QED) is 0.919. The van der Waals surface area contributed by atoms with Crippen LogP contribution in [0.15, 0.2) is 34.1 Å². The standard InChI is InChI=1S/C12H13BrN2S/c1-2-12-15-11(8-16-12)7-14-10-5-3-9(13)4-6-10/h3-6,8,14H,2,7H2,1H3. The molecule has 4 heteroatoms. The highest BCUT2D eigenvalue weighted by molar-refractivity contribution is 9.10. The van der Waals surface area contributed by atoms with Gasteiger partial charge in [-0.1, -0.05) is 22.9 Å². The zero-order chi connectivity index (χ0) is 11.4. The smallest absolute Gasteiger partial charge is 0.0926 e. The van der Waals surface area contributed by atoms with Gasteiger partial charge in [0, 0.05) is 15.5 Å². The van der Waals surface area contributed by atoms with E-state index in [4.69, 9.17) is 0 Å². The summed E-state index contributed by atoms with van der Waals surface area (Å²) in [4.78, 5) is 4.51. The van der Waals surface area contributed by atoms with Crippen molar-refractivity contribution in [1.82, 2.24) is 4.98 Å². The number of halogens is 1. The Labute approximate surface area is 108 Å². The summed E-state index contributed by atoms with van der Waals surface area (Å²) in [6.45, 7) is 2.92. The lowest BCUT2D eigenvalue weighted by molar-refractivity contribution is 1.01. The highest BCUT2D eigenvalue weighted by Gasteiger charge is 1.99. The van der Waals surface area contributed by atoms with Gasteiger partial charge in [-0.15, -0.1) is 11.3 Å². The summed E-state index contributed by atoms with van der Waals surface area (Å²) < 4.78 is 1.10. The van der Waals surface area contributed by atoms with Crippen molar-refractivity contribution in [2.75, 3.05) is 5.32 Å². The summed E-state index contributed by atoms with van der Waals surface area (Å²) in [5.41, 5.74) is 2.24. The van der Waals surface area contributed by atoms with Crippen LogP contribution in [0.3, 0.4) is 0 Å². The van der Waals surface area contributed by atoms with Gasteiger partial charge in [-0.3, -0.25) is 0 Å². The number of anilines is 1. The third-order valence-corrected chi connectivity index (χ3v) is 3.79. The monoisotopic (exact) mass is 296 g/mol. The van der Waals surface area contributed by atoms with Crippen LogP contribution in [0, 0.1) is 0 Å². The number of nitrogens with zero attached hydrogens (tertiary/aromatic N) is 1. The summed E-state index contributed by atoms with van der Waals surface area (Å²) >= 11 is 5.14. The number of benzene rings is 1. The lowest BCUT2D eigenvalue weighted by atomic mass is 10.3. The highest BCUT2D eigenvalue weighted by atomic mass is 79.9. The van der Waals surface area contributed by atoms with Crippen LogP contribution in [0.25, 0.3) is 0 Å². The molecule has 0 aliphatic heterocycles. The zero-order valence-corrected chi connectivity index (χ0v) is 11.4. The molecule has 0 fully saturated rings. The van der Waals surface area contributed by atoms with E-state index in [0.29, 0.717) is 0 Å². The molecule has 16 heavy (non-hydrogen) atoms. The molecule has 0 aliphatic rings. The van der Waals surface area contributed by atoms with Gasteiger partial charge in [-0.25, -0.2) is 4.98 Å². The van der Waals surface area contributed by atoms with Crippen molar-refractivity contribution >= 4 is 33.0 Å². The Morgan fingerprint density at radius 3 is 2.69 bits per heavy atom. The van der Waals surface area contributed by atoms with Gasteiger partial charge < -0.3 is 5.32 Å². The Kier molecular flexibility index (Phi) is 3.96. The molecule has 0 radical (unpaired) electrons. The molecule has 0 saturated heterocycles. The second-order valence-corrected chi connectivity index (χ2v) is 5.30. The van der Waals surface area contributed by atoms with E-state index in [0.717, 1.165) is 28.8 Å². The Morgan fingerprint density at radius 1 is 1.31 bits per heavy atom. The highest BCUT2D eigenvalue weighted by Crippen LogP contribution is 2.16. The molecule has 0 atom stereocenters. The van der Waals surface area contributed by atoms with E-state index in [2.05, 4.69) is 50.7 Å². The van der Waals surface area contributed by atoms with E-state index in [9.17, 15) is 0 Å². The molecule has 0 amide bonds. The van der Waals surface area contributed by atoms with Crippen LogP contribution in [-0.2, 0) is 13.0 Å². The lowest BCUT2D eigenvalue weighted by Crippen LogP contribution is -1.99. The minimum absolute atomic E-state index is 0.790. The Hall–Kier alpha value is -0.870. The maximum absolute atomic E-state index is 4.51. The number of hydrogen-bond acceptors (Lipinski definition) is 3. The first kappa shape index (κ1) is 11.6. The van der Waals surface area contributed by atoms with E-state index >= 15 is 0 Å². The minimum Gasteiger partial charge on any atom is -0.379 e. The largest absolute Gasteiger partial charge is 0.379 e. The van der Waals surface area contributed by atoms with Crippen LogP contribution in [0.4, 0.5) is 5.69 Å². The molecule has 2 aromatic rings. The van der Waals surface area contributed by atoms with E-state index in [1.54, 1.807) is 11.3 Å². The first-order chi connectivity index (χ1) is 7.78. The van der Waals surface area contributed by atoms with E-state index in [1.165, 1.54) is 5.01 Å². The van der Waals surface area contributed by atoms with Crippen molar-refractivity contribution in [1.29, 1.82) is 0 Å².